The van der Waals surface area contributed by atoms with Gasteiger partial charge < -0.3 is 4.74 Å². The van der Waals surface area contributed by atoms with E-state index in [9.17, 15) is 21.6 Å². The number of rotatable bonds is 5. The molecule has 8 heteroatoms. The Morgan fingerprint density at radius 1 is 1.26 bits per heavy atom. The summed E-state index contributed by atoms with van der Waals surface area (Å²) in [6.07, 6.45) is -3.18. The van der Waals surface area contributed by atoms with Crippen molar-refractivity contribution in [1.82, 2.24) is 4.31 Å². The topological polar surface area (TPSA) is 46.6 Å². The van der Waals surface area contributed by atoms with Gasteiger partial charge in [0, 0.05) is 13.1 Å². The number of sulfonamides is 1. The number of benzene rings is 1. The molecule has 1 aromatic rings. The molecule has 1 fully saturated rings. The average molecular weight is 351 g/mol. The Morgan fingerprint density at radius 2 is 1.91 bits per heavy atom. The Bertz CT molecular complexity index is 623. The molecule has 1 saturated heterocycles. The van der Waals surface area contributed by atoms with E-state index in [2.05, 4.69) is 0 Å². The molecule has 0 amide bonds. The van der Waals surface area contributed by atoms with Crippen molar-refractivity contribution >= 4 is 10.0 Å². The van der Waals surface area contributed by atoms with Crippen molar-refractivity contribution in [2.75, 3.05) is 18.8 Å². The number of nitrogens with zero attached hydrogens (tertiary/aromatic N) is 1. The van der Waals surface area contributed by atoms with E-state index < -0.39 is 21.8 Å². The molecule has 0 spiro atoms. The van der Waals surface area contributed by atoms with Crippen molar-refractivity contribution in [3.63, 3.8) is 0 Å². The van der Waals surface area contributed by atoms with E-state index in [1.807, 2.05) is 0 Å². The van der Waals surface area contributed by atoms with E-state index in [4.69, 9.17) is 4.74 Å². The lowest BCUT2D eigenvalue weighted by molar-refractivity contribution is -0.137. The van der Waals surface area contributed by atoms with Gasteiger partial charge in [0.1, 0.15) is 11.9 Å². The average Bonchev–Trinajstić information content (AvgIpc) is 2.47. The van der Waals surface area contributed by atoms with Gasteiger partial charge in [-0.25, -0.2) is 12.7 Å². The first-order valence-corrected chi connectivity index (χ1v) is 9.15. The monoisotopic (exact) mass is 351 g/mol. The fraction of sp³-hybridized carbons (Fsp3) is 0.600. The number of hydrogen-bond acceptors (Lipinski definition) is 3. The normalized spacial score (nSPS) is 18.1. The molecule has 0 N–H and O–H groups in total. The third-order valence-corrected chi connectivity index (χ3v) is 5.80. The summed E-state index contributed by atoms with van der Waals surface area (Å²) in [5, 5.41) is 0. The van der Waals surface area contributed by atoms with Gasteiger partial charge in [-0.1, -0.05) is 13.0 Å². The van der Waals surface area contributed by atoms with Crippen LogP contribution in [0.25, 0.3) is 0 Å². The zero-order chi connectivity index (χ0) is 17.1. The smallest absolute Gasteiger partial charge is 0.416 e. The van der Waals surface area contributed by atoms with Gasteiger partial charge in [0.2, 0.25) is 10.0 Å². The maximum atomic E-state index is 12.7. The minimum atomic E-state index is -4.41. The molecule has 1 aromatic carbocycles. The Balaban J connectivity index is 1.95. The van der Waals surface area contributed by atoms with Crippen LogP contribution in [0.4, 0.5) is 13.2 Å². The predicted octanol–water partition coefficient (Wildman–Crippen LogP) is 3.29. The first-order chi connectivity index (χ1) is 10.7. The highest BCUT2D eigenvalue weighted by atomic mass is 32.2. The molecule has 0 radical (unpaired) electrons. The summed E-state index contributed by atoms with van der Waals surface area (Å²) in [7, 11) is -3.23. The molecule has 4 nitrogen and oxygen atoms in total. The van der Waals surface area contributed by atoms with Crippen LogP contribution < -0.4 is 4.74 Å². The quantitative estimate of drug-likeness (QED) is 0.818. The SMILES string of the molecule is CCCS(=O)(=O)N1CCC(Oc2cccc(C(F)(F)F)c2)CC1. The highest BCUT2D eigenvalue weighted by Gasteiger charge is 2.31. The van der Waals surface area contributed by atoms with Crippen LogP contribution in [0.15, 0.2) is 24.3 Å². The van der Waals surface area contributed by atoms with Crippen LogP contribution in [0.1, 0.15) is 31.7 Å². The lowest BCUT2D eigenvalue weighted by atomic mass is 10.1. The van der Waals surface area contributed by atoms with Crippen LogP contribution in [-0.2, 0) is 16.2 Å². The van der Waals surface area contributed by atoms with Crippen molar-refractivity contribution in [3.8, 4) is 5.75 Å². The Kier molecular flexibility index (Phi) is 5.57. The van der Waals surface area contributed by atoms with E-state index in [1.165, 1.54) is 16.4 Å². The first-order valence-electron chi connectivity index (χ1n) is 7.54. The molecule has 0 bridgehead atoms. The second-order valence-electron chi connectivity index (χ2n) is 5.56. The van der Waals surface area contributed by atoms with Crippen LogP contribution in [0.2, 0.25) is 0 Å². The van der Waals surface area contributed by atoms with Crippen molar-refractivity contribution < 1.29 is 26.3 Å². The van der Waals surface area contributed by atoms with Crippen LogP contribution in [0, 0.1) is 0 Å². The summed E-state index contributed by atoms with van der Waals surface area (Å²) in [5.41, 5.74) is -0.752. The van der Waals surface area contributed by atoms with Crippen molar-refractivity contribution in [3.05, 3.63) is 29.8 Å². The maximum absolute atomic E-state index is 12.7. The molecule has 0 saturated carbocycles. The molecule has 0 aliphatic carbocycles. The molecule has 0 unspecified atom stereocenters. The number of alkyl halides is 3. The first kappa shape index (κ1) is 18.1. The van der Waals surface area contributed by atoms with Gasteiger partial charge in [0.15, 0.2) is 0 Å². The van der Waals surface area contributed by atoms with E-state index in [0.717, 1.165) is 12.1 Å². The summed E-state index contributed by atoms with van der Waals surface area (Å²) in [6.45, 7) is 2.49. The molecule has 1 heterocycles. The summed E-state index contributed by atoms with van der Waals surface area (Å²) in [5.74, 6) is 0.279. The Morgan fingerprint density at radius 3 is 2.48 bits per heavy atom. The zero-order valence-electron chi connectivity index (χ0n) is 12.8. The van der Waals surface area contributed by atoms with Gasteiger partial charge in [-0.3, -0.25) is 0 Å². The van der Waals surface area contributed by atoms with Gasteiger partial charge >= 0.3 is 6.18 Å². The zero-order valence-corrected chi connectivity index (χ0v) is 13.7. The van der Waals surface area contributed by atoms with Gasteiger partial charge in [0.05, 0.1) is 11.3 Å². The van der Waals surface area contributed by atoms with Crippen LogP contribution in [-0.4, -0.2) is 37.7 Å². The Labute approximate surface area is 134 Å². The van der Waals surface area contributed by atoms with Crippen LogP contribution in [0.3, 0.4) is 0 Å². The molecule has 0 atom stereocenters. The molecule has 1 aliphatic rings. The fourth-order valence-corrected chi connectivity index (χ4v) is 4.09. The third-order valence-electron chi connectivity index (χ3n) is 3.72. The largest absolute Gasteiger partial charge is 0.490 e. The van der Waals surface area contributed by atoms with Crippen molar-refractivity contribution in [2.45, 2.75) is 38.5 Å². The molecule has 23 heavy (non-hydrogen) atoms. The van der Waals surface area contributed by atoms with E-state index in [1.54, 1.807) is 6.92 Å². The number of ether oxygens (including phenoxy) is 1. The molecular formula is C15H20F3NO3S. The molecule has 1 aliphatic heterocycles. The molecule has 2 rings (SSSR count). The minimum absolute atomic E-state index is 0.117. The van der Waals surface area contributed by atoms with Crippen molar-refractivity contribution in [2.24, 2.45) is 0 Å². The number of halogens is 3. The second kappa shape index (κ2) is 7.09. The molecular weight excluding hydrogens is 331 g/mol. The maximum Gasteiger partial charge on any atom is 0.416 e. The molecule has 0 aromatic heterocycles. The highest BCUT2D eigenvalue weighted by molar-refractivity contribution is 7.89. The fourth-order valence-electron chi connectivity index (χ4n) is 2.55. The standard InChI is InChI=1S/C15H20F3NO3S/c1-2-10-23(20,21)19-8-6-13(7-9-19)22-14-5-3-4-12(11-14)15(16,17)18/h3-5,11,13H,2,6-10H2,1H3. The van der Waals surface area contributed by atoms with Crippen LogP contribution in [0.5, 0.6) is 5.75 Å². The van der Waals surface area contributed by atoms with Gasteiger partial charge in [-0.05, 0) is 37.5 Å². The number of piperidine rings is 1. The Hall–Kier alpha value is -1.28. The lowest BCUT2D eigenvalue weighted by Gasteiger charge is -2.31. The van der Waals surface area contributed by atoms with E-state index in [-0.39, 0.29) is 17.6 Å². The summed E-state index contributed by atoms with van der Waals surface area (Å²) >= 11 is 0. The lowest BCUT2D eigenvalue weighted by Crippen LogP contribution is -2.42. The number of hydrogen-bond donors (Lipinski definition) is 0. The summed E-state index contributed by atoms with van der Waals surface area (Å²) < 4.78 is 69.0. The van der Waals surface area contributed by atoms with Crippen LogP contribution >= 0.6 is 0 Å². The van der Waals surface area contributed by atoms with Gasteiger partial charge in [-0.15, -0.1) is 0 Å². The van der Waals surface area contributed by atoms with Crippen molar-refractivity contribution in [1.29, 1.82) is 0 Å². The predicted molar refractivity (Wildman–Crippen MR) is 80.7 cm³/mol. The summed E-state index contributed by atoms with van der Waals surface area (Å²) in [4.78, 5) is 0. The van der Waals surface area contributed by atoms with E-state index >= 15 is 0 Å². The molecule has 130 valence electrons. The highest BCUT2D eigenvalue weighted by Crippen LogP contribution is 2.32. The summed E-state index contributed by atoms with van der Waals surface area (Å²) in [6, 6.07) is 4.75. The minimum Gasteiger partial charge on any atom is -0.490 e. The second-order valence-corrected chi connectivity index (χ2v) is 7.65. The van der Waals surface area contributed by atoms with Gasteiger partial charge in [0.25, 0.3) is 0 Å². The third kappa shape index (κ3) is 4.84. The van der Waals surface area contributed by atoms with Gasteiger partial charge in [-0.2, -0.15) is 13.2 Å². The van der Waals surface area contributed by atoms with E-state index in [0.29, 0.717) is 32.4 Å².